The van der Waals surface area contributed by atoms with E-state index in [0.29, 0.717) is 13.0 Å². The van der Waals surface area contributed by atoms with Crippen LogP contribution in [0.4, 0.5) is 0 Å². The van der Waals surface area contributed by atoms with E-state index in [4.69, 9.17) is 17.3 Å². The molecule has 1 saturated carbocycles. The Balaban J connectivity index is 1.60. The molecule has 3 rings (SSSR count). The third-order valence-corrected chi connectivity index (χ3v) is 5.08. The largest absolute Gasteiger partial charge is 0.348 e. The molecule has 2 aliphatic rings. The lowest BCUT2D eigenvalue weighted by molar-refractivity contribution is -0.124. The fourth-order valence-corrected chi connectivity index (χ4v) is 3.55. The average molecular weight is 323 g/mol. The fraction of sp³-hybridized carbons (Fsp3) is 0.562. The topological polar surface area (TPSA) is 79.2 Å². The van der Waals surface area contributed by atoms with Crippen LogP contribution in [-0.2, 0) is 4.79 Å². The van der Waals surface area contributed by atoms with Crippen molar-refractivity contribution >= 4 is 17.5 Å². The number of rotatable bonds is 4. The number of nitrogens with two attached hydrogens (primary N) is 1. The SMILES string of the molecule is NCC1(NC(=O)C2CC(c3ccc(Cl)cc3)NN2)CCCC1. The highest BCUT2D eigenvalue weighted by Gasteiger charge is 2.37. The van der Waals surface area contributed by atoms with E-state index in [-0.39, 0.29) is 23.5 Å². The highest BCUT2D eigenvalue weighted by molar-refractivity contribution is 6.30. The molecule has 22 heavy (non-hydrogen) atoms. The second kappa shape index (κ2) is 6.54. The number of hydrazine groups is 1. The summed E-state index contributed by atoms with van der Waals surface area (Å²) in [6.45, 7) is 0.513. The molecule has 0 spiro atoms. The van der Waals surface area contributed by atoms with Crippen molar-refractivity contribution in [2.24, 2.45) is 5.73 Å². The summed E-state index contributed by atoms with van der Waals surface area (Å²) in [7, 11) is 0. The summed E-state index contributed by atoms with van der Waals surface area (Å²) in [5, 5.41) is 3.90. The summed E-state index contributed by atoms with van der Waals surface area (Å²) in [4.78, 5) is 12.5. The minimum Gasteiger partial charge on any atom is -0.348 e. The van der Waals surface area contributed by atoms with Crippen LogP contribution in [-0.4, -0.2) is 24.0 Å². The first-order chi connectivity index (χ1) is 10.6. The summed E-state index contributed by atoms with van der Waals surface area (Å²) >= 11 is 5.91. The van der Waals surface area contributed by atoms with Crippen LogP contribution in [0.2, 0.25) is 5.02 Å². The van der Waals surface area contributed by atoms with E-state index in [0.717, 1.165) is 36.3 Å². The van der Waals surface area contributed by atoms with E-state index in [1.54, 1.807) is 0 Å². The molecule has 1 heterocycles. The highest BCUT2D eigenvalue weighted by atomic mass is 35.5. The zero-order valence-corrected chi connectivity index (χ0v) is 13.3. The number of carbonyl (C=O) groups is 1. The predicted octanol–water partition coefficient (Wildman–Crippen LogP) is 1.64. The van der Waals surface area contributed by atoms with E-state index in [1.165, 1.54) is 0 Å². The summed E-state index contributed by atoms with van der Waals surface area (Å²) in [5.41, 5.74) is 13.1. The Bertz CT molecular complexity index is 527. The minimum atomic E-state index is -0.232. The van der Waals surface area contributed by atoms with Gasteiger partial charge in [0, 0.05) is 17.6 Å². The van der Waals surface area contributed by atoms with Gasteiger partial charge in [0.2, 0.25) is 5.91 Å². The molecule has 1 aromatic carbocycles. The Morgan fingerprint density at radius 2 is 1.95 bits per heavy atom. The van der Waals surface area contributed by atoms with Crippen LogP contribution in [0.3, 0.4) is 0 Å². The van der Waals surface area contributed by atoms with Crippen molar-refractivity contribution in [1.29, 1.82) is 0 Å². The van der Waals surface area contributed by atoms with Gasteiger partial charge >= 0.3 is 0 Å². The monoisotopic (exact) mass is 322 g/mol. The van der Waals surface area contributed by atoms with Crippen LogP contribution in [0, 0.1) is 0 Å². The number of hydrogen-bond acceptors (Lipinski definition) is 4. The van der Waals surface area contributed by atoms with Crippen LogP contribution in [0.25, 0.3) is 0 Å². The Morgan fingerprint density at radius 1 is 1.27 bits per heavy atom. The molecule has 2 unspecified atom stereocenters. The van der Waals surface area contributed by atoms with Crippen LogP contribution in [0.5, 0.6) is 0 Å². The predicted molar refractivity (Wildman–Crippen MR) is 87.3 cm³/mol. The average Bonchev–Trinajstić information content (AvgIpc) is 3.18. The van der Waals surface area contributed by atoms with Crippen LogP contribution in [0.1, 0.15) is 43.7 Å². The Hall–Kier alpha value is -1.14. The molecule has 5 nitrogen and oxygen atoms in total. The number of carbonyl (C=O) groups excluding carboxylic acids is 1. The summed E-state index contributed by atoms with van der Waals surface area (Å²) < 4.78 is 0. The zero-order chi connectivity index (χ0) is 15.6. The molecular formula is C16H23ClN4O. The maximum atomic E-state index is 12.5. The normalized spacial score (nSPS) is 27.0. The van der Waals surface area contributed by atoms with Gasteiger partial charge in [-0.15, -0.1) is 0 Å². The molecule has 1 amide bonds. The highest BCUT2D eigenvalue weighted by Crippen LogP contribution is 2.29. The smallest absolute Gasteiger partial charge is 0.239 e. The molecule has 0 aromatic heterocycles. The molecule has 2 fully saturated rings. The first kappa shape index (κ1) is 15.7. The van der Waals surface area contributed by atoms with Gasteiger partial charge in [0.1, 0.15) is 6.04 Å². The van der Waals surface area contributed by atoms with E-state index >= 15 is 0 Å². The van der Waals surface area contributed by atoms with Gasteiger partial charge in [-0.3, -0.25) is 4.79 Å². The minimum absolute atomic E-state index is 0.0383. The Kier molecular flexibility index (Phi) is 4.68. The third kappa shape index (κ3) is 3.27. The molecule has 1 aromatic rings. The van der Waals surface area contributed by atoms with Gasteiger partial charge in [0.25, 0.3) is 0 Å². The van der Waals surface area contributed by atoms with Crippen molar-refractivity contribution in [3.63, 3.8) is 0 Å². The van der Waals surface area contributed by atoms with Gasteiger partial charge in [-0.05, 0) is 37.0 Å². The van der Waals surface area contributed by atoms with Crippen molar-refractivity contribution in [3.8, 4) is 0 Å². The molecule has 2 atom stereocenters. The van der Waals surface area contributed by atoms with Crippen molar-refractivity contribution in [2.75, 3.05) is 6.54 Å². The van der Waals surface area contributed by atoms with Crippen molar-refractivity contribution in [2.45, 2.75) is 49.7 Å². The second-order valence-corrected chi connectivity index (χ2v) is 6.80. The van der Waals surface area contributed by atoms with E-state index in [1.807, 2.05) is 24.3 Å². The van der Waals surface area contributed by atoms with E-state index in [9.17, 15) is 4.79 Å². The first-order valence-electron chi connectivity index (χ1n) is 7.90. The lowest BCUT2D eigenvalue weighted by Gasteiger charge is -2.30. The van der Waals surface area contributed by atoms with E-state index in [2.05, 4.69) is 16.2 Å². The zero-order valence-electron chi connectivity index (χ0n) is 12.6. The molecule has 5 N–H and O–H groups in total. The van der Waals surface area contributed by atoms with Gasteiger partial charge in [0.05, 0.1) is 5.54 Å². The maximum Gasteiger partial charge on any atom is 0.239 e. The molecule has 1 aliphatic carbocycles. The van der Waals surface area contributed by atoms with Crippen molar-refractivity contribution < 1.29 is 4.79 Å². The number of nitrogens with one attached hydrogen (secondary N) is 3. The van der Waals surface area contributed by atoms with Gasteiger partial charge in [-0.1, -0.05) is 36.6 Å². The molecule has 120 valence electrons. The number of amides is 1. The summed E-state index contributed by atoms with van der Waals surface area (Å²) in [5.74, 6) is 0.0383. The molecule has 6 heteroatoms. The summed E-state index contributed by atoms with van der Waals surface area (Å²) in [6, 6.07) is 7.60. The number of benzene rings is 1. The van der Waals surface area contributed by atoms with Crippen molar-refractivity contribution in [1.82, 2.24) is 16.2 Å². The molecule has 1 saturated heterocycles. The third-order valence-electron chi connectivity index (χ3n) is 4.83. The lowest BCUT2D eigenvalue weighted by Crippen LogP contribution is -2.56. The maximum absolute atomic E-state index is 12.5. The van der Waals surface area contributed by atoms with Crippen LogP contribution >= 0.6 is 11.6 Å². The first-order valence-corrected chi connectivity index (χ1v) is 8.28. The lowest BCUT2D eigenvalue weighted by atomic mass is 9.96. The van der Waals surface area contributed by atoms with Gasteiger partial charge < -0.3 is 11.1 Å². The molecule has 1 aliphatic heterocycles. The Labute approximate surface area is 135 Å². The fourth-order valence-electron chi connectivity index (χ4n) is 3.42. The number of halogens is 1. The van der Waals surface area contributed by atoms with Gasteiger partial charge in [-0.2, -0.15) is 0 Å². The Morgan fingerprint density at radius 3 is 2.59 bits per heavy atom. The van der Waals surface area contributed by atoms with Gasteiger partial charge in [-0.25, -0.2) is 10.9 Å². The quantitative estimate of drug-likeness (QED) is 0.679. The van der Waals surface area contributed by atoms with E-state index < -0.39 is 0 Å². The molecule has 0 bridgehead atoms. The molecular weight excluding hydrogens is 300 g/mol. The van der Waals surface area contributed by atoms with Crippen LogP contribution < -0.4 is 21.9 Å². The molecule has 0 radical (unpaired) electrons. The number of hydrogen-bond donors (Lipinski definition) is 4. The van der Waals surface area contributed by atoms with Gasteiger partial charge in [0.15, 0.2) is 0 Å². The van der Waals surface area contributed by atoms with Crippen molar-refractivity contribution in [3.05, 3.63) is 34.9 Å². The summed E-state index contributed by atoms with van der Waals surface area (Å²) in [6.07, 6.45) is 4.96. The second-order valence-electron chi connectivity index (χ2n) is 6.36. The standard InChI is InChI=1S/C16H23ClN4O/c17-12-5-3-11(4-6-12)13-9-14(21-20-13)15(22)19-16(10-18)7-1-2-8-16/h3-6,13-14,20-21H,1-2,7-10,18H2,(H,19,22). The van der Waals surface area contributed by atoms with Crippen LogP contribution in [0.15, 0.2) is 24.3 Å².